The van der Waals surface area contributed by atoms with Crippen LogP contribution in [0.2, 0.25) is 0 Å². The summed E-state index contributed by atoms with van der Waals surface area (Å²) in [5.74, 6) is -0.120. The third-order valence-electron chi connectivity index (χ3n) is 3.55. The van der Waals surface area contributed by atoms with Gasteiger partial charge in [-0.25, -0.2) is 13.2 Å². The van der Waals surface area contributed by atoms with E-state index in [1.165, 1.54) is 6.26 Å². The minimum Gasteiger partial charge on any atom is -0.332 e. The molecule has 0 saturated heterocycles. The zero-order valence-corrected chi connectivity index (χ0v) is 13.5. The number of hydrogen-bond donors (Lipinski definition) is 2. The summed E-state index contributed by atoms with van der Waals surface area (Å²) in [6, 6.07) is 8.27. The molecule has 6 heteroatoms. The first-order valence-electron chi connectivity index (χ1n) is 7.40. The number of hydrogen-bond acceptors (Lipinski definition) is 3. The van der Waals surface area contributed by atoms with Crippen molar-refractivity contribution in [3.63, 3.8) is 0 Å². The van der Waals surface area contributed by atoms with Gasteiger partial charge in [-0.15, -0.1) is 0 Å². The lowest BCUT2D eigenvalue weighted by Crippen LogP contribution is -2.44. The van der Waals surface area contributed by atoms with Gasteiger partial charge in [0.15, 0.2) is 0 Å². The van der Waals surface area contributed by atoms with Gasteiger partial charge in [-0.3, -0.25) is 0 Å². The van der Waals surface area contributed by atoms with E-state index in [1.54, 1.807) is 0 Å². The van der Waals surface area contributed by atoms with Crippen LogP contribution in [0.1, 0.15) is 30.9 Å². The molecule has 0 spiro atoms. The topological polar surface area (TPSA) is 75.3 Å². The van der Waals surface area contributed by atoms with E-state index in [9.17, 15) is 13.2 Å². The highest BCUT2D eigenvalue weighted by atomic mass is 32.2. The highest BCUT2D eigenvalue weighted by Crippen LogP contribution is 2.15. The Labute approximate surface area is 131 Å². The predicted octanol–water partition coefficient (Wildman–Crippen LogP) is 2.18. The highest BCUT2D eigenvalue weighted by Gasteiger charge is 2.20. The van der Waals surface area contributed by atoms with Crippen LogP contribution in [0.4, 0.5) is 4.79 Å². The molecule has 0 fully saturated rings. The van der Waals surface area contributed by atoms with Gasteiger partial charge >= 0.3 is 6.03 Å². The van der Waals surface area contributed by atoms with Crippen LogP contribution in [0.15, 0.2) is 42.5 Å². The molecule has 0 unspecified atom stereocenters. The van der Waals surface area contributed by atoms with Gasteiger partial charge in [-0.05, 0) is 24.8 Å². The number of rotatable bonds is 5. The zero-order chi connectivity index (χ0) is 16.0. The minimum atomic E-state index is -3.21. The summed E-state index contributed by atoms with van der Waals surface area (Å²) in [6.07, 6.45) is 8.21. The van der Waals surface area contributed by atoms with Gasteiger partial charge in [0.25, 0.3) is 0 Å². The summed E-state index contributed by atoms with van der Waals surface area (Å²) in [5, 5.41) is 5.65. The van der Waals surface area contributed by atoms with Crippen molar-refractivity contribution in [2.75, 3.05) is 12.0 Å². The molecule has 1 aromatic rings. The van der Waals surface area contributed by atoms with Crippen LogP contribution in [-0.2, 0) is 9.84 Å². The van der Waals surface area contributed by atoms with E-state index in [0.717, 1.165) is 24.8 Å². The largest absolute Gasteiger partial charge is 0.332 e. The molecule has 0 radical (unpaired) electrons. The smallest absolute Gasteiger partial charge is 0.315 e. The Morgan fingerprint density at radius 3 is 2.64 bits per heavy atom. The number of urea groups is 1. The van der Waals surface area contributed by atoms with Crippen LogP contribution in [0, 0.1) is 0 Å². The predicted molar refractivity (Wildman–Crippen MR) is 87.3 cm³/mol. The van der Waals surface area contributed by atoms with Crippen LogP contribution in [-0.4, -0.2) is 32.5 Å². The molecule has 2 amide bonds. The van der Waals surface area contributed by atoms with E-state index in [-0.39, 0.29) is 17.8 Å². The van der Waals surface area contributed by atoms with Crippen LogP contribution in [0.5, 0.6) is 0 Å². The molecule has 5 nitrogen and oxygen atoms in total. The molecule has 120 valence electrons. The van der Waals surface area contributed by atoms with Crippen LogP contribution < -0.4 is 10.6 Å². The third kappa shape index (κ3) is 5.52. The first-order chi connectivity index (χ1) is 10.4. The van der Waals surface area contributed by atoms with Crippen molar-refractivity contribution in [2.24, 2.45) is 0 Å². The number of allylic oxidation sites excluding steroid dienone is 1. The Balaban J connectivity index is 2.04. The van der Waals surface area contributed by atoms with Gasteiger partial charge in [0.2, 0.25) is 0 Å². The molecule has 0 heterocycles. The lowest BCUT2D eigenvalue weighted by Gasteiger charge is -2.22. The van der Waals surface area contributed by atoms with Gasteiger partial charge in [-0.2, -0.15) is 0 Å². The number of amides is 2. The Hall–Kier alpha value is -1.82. The molecular weight excluding hydrogens is 300 g/mol. The number of carbonyl (C=O) groups excluding carboxylic acids is 1. The summed E-state index contributed by atoms with van der Waals surface area (Å²) in [7, 11) is -3.21. The van der Waals surface area contributed by atoms with Crippen molar-refractivity contribution in [3.05, 3.63) is 48.0 Å². The van der Waals surface area contributed by atoms with Crippen molar-refractivity contribution in [1.82, 2.24) is 10.6 Å². The van der Waals surface area contributed by atoms with Crippen LogP contribution >= 0.6 is 0 Å². The van der Waals surface area contributed by atoms with Crippen molar-refractivity contribution in [2.45, 2.75) is 31.3 Å². The summed E-state index contributed by atoms with van der Waals surface area (Å²) in [4.78, 5) is 12.1. The zero-order valence-electron chi connectivity index (χ0n) is 12.7. The fourth-order valence-corrected chi connectivity index (χ4v) is 3.39. The minimum absolute atomic E-state index is 0.0170. The Kier molecular flexibility index (Phi) is 5.60. The van der Waals surface area contributed by atoms with Crippen molar-refractivity contribution >= 4 is 15.9 Å². The van der Waals surface area contributed by atoms with Crippen LogP contribution in [0.25, 0.3) is 0 Å². The number of carbonyl (C=O) groups is 1. The van der Waals surface area contributed by atoms with Crippen molar-refractivity contribution in [3.8, 4) is 0 Å². The number of sulfone groups is 1. The maximum absolute atomic E-state index is 12.1. The lowest BCUT2D eigenvalue weighted by atomic mass is 10.0. The Morgan fingerprint density at radius 1 is 1.32 bits per heavy atom. The highest BCUT2D eigenvalue weighted by molar-refractivity contribution is 7.90. The Morgan fingerprint density at radius 2 is 2.05 bits per heavy atom. The van der Waals surface area contributed by atoms with E-state index in [1.807, 2.05) is 36.4 Å². The van der Waals surface area contributed by atoms with E-state index < -0.39 is 15.9 Å². The average Bonchev–Trinajstić information content (AvgIpc) is 2.47. The number of nitrogens with one attached hydrogen (secondary N) is 2. The van der Waals surface area contributed by atoms with Gasteiger partial charge < -0.3 is 10.6 Å². The van der Waals surface area contributed by atoms with Crippen molar-refractivity contribution in [1.29, 1.82) is 0 Å². The van der Waals surface area contributed by atoms with E-state index in [4.69, 9.17) is 0 Å². The number of benzene rings is 1. The molecule has 1 aromatic carbocycles. The van der Waals surface area contributed by atoms with Gasteiger partial charge in [-0.1, -0.05) is 42.5 Å². The summed E-state index contributed by atoms with van der Waals surface area (Å²) >= 11 is 0. The maximum Gasteiger partial charge on any atom is 0.315 e. The van der Waals surface area contributed by atoms with Gasteiger partial charge in [0.1, 0.15) is 9.84 Å². The quantitative estimate of drug-likeness (QED) is 0.816. The standard InChI is InChI=1S/C16H22N2O3S/c1-22(20,21)12-15(13-8-4-2-5-9-13)18-16(19)17-14-10-6-3-7-11-14/h2,4-6,8-10,14-15H,3,7,11-12H2,1H3,(H2,17,18,19)/t14-,15-/m0/s1. The van der Waals surface area contributed by atoms with E-state index >= 15 is 0 Å². The Bertz CT molecular complexity index is 626. The summed E-state index contributed by atoms with van der Waals surface area (Å²) < 4.78 is 23.2. The molecule has 0 aromatic heterocycles. The van der Waals surface area contributed by atoms with E-state index in [0.29, 0.717) is 0 Å². The molecular formula is C16H22N2O3S. The lowest BCUT2D eigenvalue weighted by molar-refractivity contribution is 0.235. The first-order valence-corrected chi connectivity index (χ1v) is 9.46. The molecule has 2 atom stereocenters. The summed E-state index contributed by atoms with van der Waals surface area (Å²) in [6.45, 7) is 0. The molecule has 22 heavy (non-hydrogen) atoms. The monoisotopic (exact) mass is 322 g/mol. The molecule has 0 aliphatic heterocycles. The molecule has 1 aliphatic rings. The second-order valence-corrected chi connectivity index (χ2v) is 7.82. The molecule has 2 rings (SSSR count). The normalized spacial score (nSPS) is 19.4. The van der Waals surface area contributed by atoms with Crippen LogP contribution in [0.3, 0.4) is 0 Å². The first kappa shape index (κ1) is 16.5. The molecule has 1 aliphatic carbocycles. The fraction of sp³-hybridized carbons (Fsp3) is 0.438. The SMILES string of the molecule is CS(=O)(=O)C[C@H](NC(=O)N[C@H]1C=CCCC1)c1ccccc1. The molecule has 0 saturated carbocycles. The van der Waals surface area contributed by atoms with Gasteiger partial charge in [0, 0.05) is 12.3 Å². The second kappa shape index (κ2) is 7.45. The molecule has 0 bridgehead atoms. The second-order valence-electron chi connectivity index (χ2n) is 5.64. The van der Waals surface area contributed by atoms with Crippen molar-refractivity contribution < 1.29 is 13.2 Å². The fourth-order valence-electron chi connectivity index (χ4n) is 2.51. The maximum atomic E-state index is 12.1. The average molecular weight is 322 g/mol. The van der Waals surface area contributed by atoms with Gasteiger partial charge in [0.05, 0.1) is 11.8 Å². The summed E-state index contributed by atoms with van der Waals surface area (Å²) in [5.41, 5.74) is 0.780. The molecule has 2 N–H and O–H groups in total. The third-order valence-corrected chi connectivity index (χ3v) is 4.49. The van der Waals surface area contributed by atoms with E-state index in [2.05, 4.69) is 16.7 Å².